The fraction of sp³-hybridized carbons (Fsp3) is 0.769. The Morgan fingerprint density at radius 3 is 2.76 bits per heavy atom. The molecule has 0 aromatic carbocycles. The van der Waals surface area contributed by atoms with Gasteiger partial charge in [-0.25, -0.2) is 0 Å². The average Bonchev–Trinajstić information content (AvgIpc) is 2.68. The lowest BCUT2D eigenvalue weighted by Crippen LogP contribution is -2.38. The highest BCUT2D eigenvalue weighted by atomic mass is 16.3. The smallest absolute Gasteiger partial charge is 0.0853 e. The third-order valence-electron chi connectivity index (χ3n) is 3.63. The Morgan fingerprint density at radius 1 is 1.41 bits per heavy atom. The maximum absolute atomic E-state index is 10.4. The summed E-state index contributed by atoms with van der Waals surface area (Å²) in [4.78, 5) is 0. The van der Waals surface area contributed by atoms with Crippen LogP contribution in [0.4, 0.5) is 5.69 Å². The Kier molecular flexibility index (Phi) is 3.72. The van der Waals surface area contributed by atoms with Crippen molar-refractivity contribution in [3.8, 4) is 0 Å². The van der Waals surface area contributed by atoms with Crippen molar-refractivity contribution in [3.05, 3.63) is 11.9 Å². The van der Waals surface area contributed by atoms with Crippen LogP contribution in [-0.2, 0) is 13.5 Å². The van der Waals surface area contributed by atoms with Crippen LogP contribution in [-0.4, -0.2) is 27.0 Å². The molecule has 2 N–H and O–H groups in total. The lowest BCUT2D eigenvalue weighted by Gasteiger charge is -2.32. The highest BCUT2D eigenvalue weighted by molar-refractivity contribution is 5.46. The summed E-state index contributed by atoms with van der Waals surface area (Å²) in [6.07, 6.45) is 8.29. The third kappa shape index (κ3) is 3.00. The van der Waals surface area contributed by atoms with Crippen molar-refractivity contribution >= 4 is 5.69 Å². The van der Waals surface area contributed by atoms with Crippen molar-refractivity contribution in [2.24, 2.45) is 7.05 Å². The van der Waals surface area contributed by atoms with Crippen LogP contribution < -0.4 is 5.32 Å². The van der Waals surface area contributed by atoms with Gasteiger partial charge < -0.3 is 10.4 Å². The average molecular weight is 237 g/mol. The number of nitrogens with one attached hydrogen (secondary N) is 1. The van der Waals surface area contributed by atoms with E-state index >= 15 is 0 Å². The number of aliphatic hydroxyl groups is 1. The summed E-state index contributed by atoms with van der Waals surface area (Å²) in [5.41, 5.74) is 1.62. The first-order valence-electron chi connectivity index (χ1n) is 6.62. The largest absolute Gasteiger partial charge is 0.388 e. The number of rotatable bonds is 4. The minimum Gasteiger partial charge on any atom is -0.388 e. The predicted octanol–water partition coefficient (Wildman–Crippen LogP) is 2.09. The van der Waals surface area contributed by atoms with E-state index in [2.05, 4.69) is 17.3 Å². The van der Waals surface area contributed by atoms with Gasteiger partial charge in [-0.05, 0) is 19.3 Å². The molecular formula is C13H23N3O. The van der Waals surface area contributed by atoms with Gasteiger partial charge in [-0.1, -0.05) is 26.2 Å². The Bertz CT molecular complexity index is 367. The van der Waals surface area contributed by atoms with Crippen LogP contribution in [0.3, 0.4) is 0 Å². The predicted molar refractivity (Wildman–Crippen MR) is 69.1 cm³/mol. The molecule has 1 aliphatic carbocycles. The molecule has 1 fully saturated rings. The van der Waals surface area contributed by atoms with Gasteiger partial charge in [0.2, 0.25) is 0 Å². The molecule has 4 nitrogen and oxygen atoms in total. The second kappa shape index (κ2) is 5.08. The Balaban J connectivity index is 1.96. The summed E-state index contributed by atoms with van der Waals surface area (Å²) in [6.45, 7) is 2.74. The molecular weight excluding hydrogens is 214 g/mol. The molecule has 2 rings (SSSR count). The van der Waals surface area contributed by atoms with Gasteiger partial charge in [-0.2, -0.15) is 5.10 Å². The first kappa shape index (κ1) is 12.4. The number of aromatic nitrogens is 2. The van der Waals surface area contributed by atoms with Gasteiger partial charge in [0, 0.05) is 19.8 Å². The molecule has 1 saturated carbocycles. The second-order valence-corrected chi connectivity index (χ2v) is 5.16. The molecule has 0 unspecified atom stereocenters. The number of anilines is 1. The second-order valence-electron chi connectivity index (χ2n) is 5.16. The zero-order valence-electron chi connectivity index (χ0n) is 10.9. The van der Waals surface area contributed by atoms with Gasteiger partial charge in [-0.3, -0.25) is 4.68 Å². The summed E-state index contributed by atoms with van der Waals surface area (Å²) in [7, 11) is 1.93. The summed E-state index contributed by atoms with van der Waals surface area (Å²) in [6, 6.07) is 0. The molecule has 1 aromatic heterocycles. The van der Waals surface area contributed by atoms with Gasteiger partial charge in [0.15, 0.2) is 0 Å². The number of hydrogen-bond donors (Lipinski definition) is 2. The SMILES string of the molecule is CCc1nn(C)cc1NCC1(O)CCCCC1. The van der Waals surface area contributed by atoms with Crippen LogP contribution in [0.15, 0.2) is 6.20 Å². The van der Waals surface area contributed by atoms with Gasteiger partial charge in [0.25, 0.3) is 0 Å². The Hall–Kier alpha value is -1.03. The lowest BCUT2D eigenvalue weighted by atomic mass is 9.85. The molecule has 1 aliphatic rings. The summed E-state index contributed by atoms with van der Waals surface area (Å²) >= 11 is 0. The normalized spacial score (nSPS) is 19.2. The molecule has 0 aliphatic heterocycles. The van der Waals surface area contributed by atoms with Crippen molar-refractivity contribution < 1.29 is 5.11 Å². The van der Waals surface area contributed by atoms with E-state index in [1.165, 1.54) is 6.42 Å². The Labute approximate surface area is 103 Å². The highest BCUT2D eigenvalue weighted by Gasteiger charge is 2.29. The van der Waals surface area contributed by atoms with Gasteiger partial charge in [0.1, 0.15) is 0 Å². The molecule has 0 saturated heterocycles. The van der Waals surface area contributed by atoms with Crippen molar-refractivity contribution in [3.63, 3.8) is 0 Å². The molecule has 0 bridgehead atoms. The van der Waals surface area contributed by atoms with Crippen LogP contribution in [0.1, 0.15) is 44.7 Å². The van der Waals surface area contributed by atoms with Crippen LogP contribution >= 0.6 is 0 Å². The van der Waals surface area contributed by atoms with E-state index < -0.39 is 5.60 Å². The van der Waals surface area contributed by atoms with Crippen molar-refractivity contribution in [1.82, 2.24) is 9.78 Å². The van der Waals surface area contributed by atoms with Gasteiger partial charge >= 0.3 is 0 Å². The molecule has 1 aromatic rings. The maximum atomic E-state index is 10.4. The molecule has 0 spiro atoms. The quantitative estimate of drug-likeness (QED) is 0.843. The fourth-order valence-electron chi connectivity index (χ4n) is 2.59. The van der Waals surface area contributed by atoms with Crippen molar-refractivity contribution in [2.75, 3.05) is 11.9 Å². The van der Waals surface area contributed by atoms with Crippen molar-refractivity contribution in [2.45, 2.75) is 51.0 Å². The number of nitrogens with zero attached hydrogens (tertiary/aromatic N) is 2. The lowest BCUT2D eigenvalue weighted by molar-refractivity contribution is 0.0167. The summed E-state index contributed by atoms with van der Waals surface area (Å²) in [5.74, 6) is 0. The van der Waals surface area contributed by atoms with Gasteiger partial charge in [-0.15, -0.1) is 0 Å². The zero-order valence-corrected chi connectivity index (χ0v) is 10.9. The van der Waals surface area contributed by atoms with Crippen LogP contribution in [0.2, 0.25) is 0 Å². The van der Waals surface area contributed by atoms with E-state index in [1.54, 1.807) is 0 Å². The fourth-order valence-corrected chi connectivity index (χ4v) is 2.59. The van der Waals surface area contributed by atoms with E-state index in [-0.39, 0.29) is 0 Å². The van der Waals surface area contributed by atoms with Crippen LogP contribution in [0, 0.1) is 0 Å². The molecule has 17 heavy (non-hydrogen) atoms. The topological polar surface area (TPSA) is 50.1 Å². The Morgan fingerprint density at radius 2 is 2.12 bits per heavy atom. The standard InChI is InChI=1S/C13H23N3O/c1-3-11-12(9-16(2)15-11)14-10-13(17)7-5-4-6-8-13/h9,14,17H,3-8,10H2,1-2H3. The third-order valence-corrected chi connectivity index (χ3v) is 3.63. The summed E-state index contributed by atoms with van der Waals surface area (Å²) in [5, 5.41) is 18.2. The van der Waals surface area contributed by atoms with Crippen LogP contribution in [0.25, 0.3) is 0 Å². The minimum absolute atomic E-state index is 0.515. The number of hydrogen-bond acceptors (Lipinski definition) is 3. The van der Waals surface area contributed by atoms with E-state index in [9.17, 15) is 5.11 Å². The number of aryl methyl sites for hydroxylation is 2. The van der Waals surface area contributed by atoms with E-state index in [0.29, 0.717) is 6.54 Å². The molecule has 0 radical (unpaired) electrons. The minimum atomic E-state index is -0.515. The monoisotopic (exact) mass is 237 g/mol. The molecule has 0 atom stereocenters. The first-order valence-corrected chi connectivity index (χ1v) is 6.62. The molecule has 1 heterocycles. The zero-order chi connectivity index (χ0) is 12.3. The van der Waals surface area contributed by atoms with Gasteiger partial charge in [0.05, 0.1) is 17.0 Å². The molecule has 96 valence electrons. The molecule has 0 amide bonds. The first-order chi connectivity index (χ1) is 8.13. The van der Waals surface area contributed by atoms with E-state index in [0.717, 1.165) is 43.5 Å². The summed E-state index contributed by atoms with van der Waals surface area (Å²) < 4.78 is 1.83. The van der Waals surface area contributed by atoms with Crippen LogP contribution in [0.5, 0.6) is 0 Å². The van der Waals surface area contributed by atoms with Crippen molar-refractivity contribution in [1.29, 1.82) is 0 Å². The highest BCUT2D eigenvalue weighted by Crippen LogP contribution is 2.28. The maximum Gasteiger partial charge on any atom is 0.0853 e. The molecule has 4 heteroatoms. The van der Waals surface area contributed by atoms with E-state index in [1.807, 2.05) is 17.9 Å². The van der Waals surface area contributed by atoms with E-state index in [4.69, 9.17) is 0 Å².